The third-order valence-corrected chi connectivity index (χ3v) is 3.64. The number of halogens is 2. The molecule has 3 rings (SSSR count). The first-order chi connectivity index (χ1) is 13.0. The van der Waals surface area contributed by atoms with Gasteiger partial charge in [-0.3, -0.25) is 4.79 Å². The minimum atomic E-state index is -0.728. The van der Waals surface area contributed by atoms with E-state index in [1.807, 2.05) is 6.92 Å². The van der Waals surface area contributed by atoms with Gasteiger partial charge in [0.2, 0.25) is 0 Å². The summed E-state index contributed by atoms with van der Waals surface area (Å²) in [5, 5.41) is 5.49. The maximum Gasteiger partial charge on any atom is 0.257 e. The van der Waals surface area contributed by atoms with Gasteiger partial charge >= 0.3 is 0 Å². The zero-order valence-corrected chi connectivity index (χ0v) is 14.5. The van der Waals surface area contributed by atoms with E-state index in [0.717, 1.165) is 17.9 Å². The quantitative estimate of drug-likeness (QED) is 0.658. The van der Waals surface area contributed by atoms with Crippen LogP contribution < -0.4 is 15.4 Å². The van der Waals surface area contributed by atoms with Gasteiger partial charge in [-0.15, -0.1) is 0 Å². The molecule has 3 aromatic rings. The third kappa shape index (κ3) is 4.78. The Balaban J connectivity index is 1.64. The van der Waals surface area contributed by atoms with Crippen LogP contribution in [-0.4, -0.2) is 17.5 Å². The second-order valence-electron chi connectivity index (χ2n) is 5.59. The van der Waals surface area contributed by atoms with Gasteiger partial charge in [0.05, 0.1) is 17.9 Å². The summed E-state index contributed by atoms with van der Waals surface area (Å²) < 4.78 is 31.9. The smallest absolute Gasteiger partial charge is 0.257 e. The summed E-state index contributed by atoms with van der Waals surface area (Å²) in [6.07, 6.45) is 1.37. The van der Waals surface area contributed by atoms with Crippen molar-refractivity contribution in [2.24, 2.45) is 0 Å². The lowest BCUT2D eigenvalue weighted by molar-refractivity contribution is 0.102. The Morgan fingerprint density at radius 1 is 1.07 bits per heavy atom. The number of rotatable bonds is 6. The predicted molar refractivity (Wildman–Crippen MR) is 99.4 cm³/mol. The van der Waals surface area contributed by atoms with Crippen molar-refractivity contribution < 1.29 is 18.3 Å². The lowest BCUT2D eigenvalue weighted by atomic mass is 10.2. The topological polar surface area (TPSA) is 63.2 Å². The van der Waals surface area contributed by atoms with E-state index < -0.39 is 11.6 Å². The van der Waals surface area contributed by atoms with E-state index in [9.17, 15) is 13.6 Å². The van der Waals surface area contributed by atoms with Gasteiger partial charge in [0.15, 0.2) is 0 Å². The number of nitrogens with one attached hydrogen (secondary N) is 2. The molecular formula is C20H17F2N3O2. The van der Waals surface area contributed by atoms with Crippen LogP contribution in [0.2, 0.25) is 0 Å². The highest BCUT2D eigenvalue weighted by atomic mass is 19.1. The van der Waals surface area contributed by atoms with Crippen LogP contribution in [0.4, 0.5) is 26.0 Å². The van der Waals surface area contributed by atoms with Gasteiger partial charge in [0, 0.05) is 18.0 Å². The largest absolute Gasteiger partial charge is 0.494 e. The molecule has 5 nitrogen and oxygen atoms in total. The summed E-state index contributed by atoms with van der Waals surface area (Å²) in [7, 11) is 0. The average molecular weight is 369 g/mol. The number of aromatic nitrogens is 1. The molecule has 0 aliphatic heterocycles. The van der Waals surface area contributed by atoms with Gasteiger partial charge in [-0.05, 0) is 55.5 Å². The molecule has 1 aromatic heterocycles. The first-order valence-electron chi connectivity index (χ1n) is 8.27. The highest BCUT2D eigenvalue weighted by Crippen LogP contribution is 2.20. The van der Waals surface area contributed by atoms with Gasteiger partial charge in [-0.1, -0.05) is 0 Å². The molecule has 0 bridgehead atoms. The van der Waals surface area contributed by atoms with Crippen LogP contribution in [0.1, 0.15) is 17.3 Å². The SMILES string of the molecule is CCOc1ccc(NC(=O)c2ccc(Nc3ccc(F)cc3F)nc2)cc1. The lowest BCUT2D eigenvalue weighted by Gasteiger charge is -2.09. The molecule has 2 aromatic carbocycles. The van der Waals surface area contributed by atoms with Gasteiger partial charge in [0.1, 0.15) is 23.2 Å². The molecule has 0 aliphatic rings. The zero-order chi connectivity index (χ0) is 19.2. The molecule has 0 atom stereocenters. The van der Waals surface area contributed by atoms with Gasteiger partial charge in [0.25, 0.3) is 5.91 Å². The predicted octanol–water partition coefficient (Wildman–Crippen LogP) is 4.75. The fourth-order valence-corrected chi connectivity index (χ4v) is 2.34. The van der Waals surface area contributed by atoms with E-state index in [4.69, 9.17) is 4.74 Å². The number of nitrogens with zero attached hydrogens (tertiary/aromatic N) is 1. The molecule has 27 heavy (non-hydrogen) atoms. The molecule has 0 saturated heterocycles. The second-order valence-corrected chi connectivity index (χ2v) is 5.59. The van der Waals surface area contributed by atoms with Crippen LogP contribution in [0.3, 0.4) is 0 Å². The van der Waals surface area contributed by atoms with E-state index in [2.05, 4.69) is 15.6 Å². The Hall–Kier alpha value is -3.48. The van der Waals surface area contributed by atoms with Crippen LogP contribution in [0, 0.1) is 11.6 Å². The number of hydrogen-bond donors (Lipinski definition) is 2. The van der Waals surface area contributed by atoms with Crippen molar-refractivity contribution in [3.8, 4) is 5.75 Å². The number of anilines is 3. The number of benzene rings is 2. The van der Waals surface area contributed by atoms with E-state index >= 15 is 0 Å². The molecule has 0 aliphatic carbocycles. The maximum atomic E-state index is 13.7. The number of amides is 1. The molecule has 0 unspecified atom stereocenters. The normalized spacial score (nSPS) is 10.3. The number of ether oxygens (including phenoxy) is 1. The van der Waals surface area contributed by atoms with Gasteiger partial charge in [-0.25, -0.2) is 13.8 Å². The molecule has 1 heterocycles. The van der Waals surface area contributed by atoms with Crippen LogP contribution in [0.5, 0.6) is 5.75 Å². The standard InChI is InChI=1S/C20H17F2N3O2/c1-2-27-16-7-5-15(6-8-16)24-20(26)13-3-10-19(23-12-13)25-18-9-4-14(21)11-17(18)22/h3-12H,2H2,1H3,(H,23,25)(H,24,26). The second kappa shape index (κ2) is 8.27. The van der Waals surface area contributed by atoms with Gasteiger partial charge < -0.3 is 15.4 Å². The Kier molecular flexibility index (Phi) is 5.61. The molecule has 0 spiro atoms. The average Bonchev–Trinajstić information content (AvgIpc) is 2.66. The first-order valence-corrected chi connectivity index (χ1v) is 8.27. The van der Waals surface area contributed by atoms with Crippen molar-refractivity contribution in [1.29, 1.82) is 0 Å². The van der Waals surface area contributed by atoms with Crippen molar-refractivity contribution in [1.82, 2.24) is 4.98 Å². The highest BCUT2D eigenvalue weighted by molar-refractivity contribution is 6.04. The molecule has 138 valence electrons. The Labute approximate surface area is 155 Å². The Bertz CT molecular complexity index is 929. The minimum absolute atomic E-state index is 0.0930. The highest BCUT2D eigenvalue weighted by Gasteiger charge is 2.09. The fourth-order valence-electron chi connectivity index (χ4n) is 2.34. The maximum absolute atomic E-state index is 13.7. The first kappa shape index (κ1) is 18.3. The fraction of sp³-hybridized carbons (Fsp3) is 0.100. The summed E-state index contributed by atoms with van der Waals surface area (Å²) in [5.41, 5.74) is 1.06. The van der Waals surface area contributed by atoms with Gasteiger partial charge in [-0.2, -0.15) is 0 Å². The molecule has 0 radical (unpaired) electrons. The van der Waals surface area contributed by atoms with Crippen molar-refractivity contribution in [2.45, 2.75) is 6.92 Å². The monoisotopic (exact) mass is 369 g/mol. The summed E-state index contributed by atoms with van der Waals surface area (Å²) in [5.74, 6) is -0.661. The van der Waals surface area contributed by atoms with Crippen LogP contribution in [0.25, 0.3) is 0 Å². The van der Waals surface area contributed by atoms with E-state index in [0.29, 0.717) is 23.7 Å². The summed E-state index contributed by atoms with van der Waals surface area (Å²) in [6.45, 7) is 2.46. The van der Waals surface area contributed by atoms with E-state index in [1.165, 1.54) is 18.3 Å². The third-order valence-electron chi connectivity index (χ3n) is 3.64. The van der Waals surface area contributed by atoms with Crippen LogP contribution >= 0.6 is 0 Å². The summed E-state index contributed by atoms with van der Waals surface area (Å²) >= 11 is 0. The van der Waals surface area contributed by atoms with Crippen LogP contribution in [0.15, 0.2) is 60.8 Å². The minimum Gasteiger partial charge on any atom is -0.494 e. The number of carbonyl (C=O) groups is 1. The summed E-state index contributed by atoms with van der Waals surface area (Å²) in [4.78, 5) is 16.4. The molecule has 0 fully saturated rings. The zero-order valence-electron chi connectivity index (χ0n) is 14.5. The van der Waals surface area contributed by atoms with Crippen molar-refractivity contribution in [3.05, 3.63) is 78.0 Å². The number of carbonyl (C=O) groups excluding carboxylic acids is 1. The van der Waals surface area contributed by atoms with Crippen molar-refractivity contribution >= 4 is 23.1 Å². The lowest BCUT2D eigenvalue weighted by Crippen LogP contribution is -2.12. The van der Waals surface area contributed by atoms with Crippen molar-refractivity contribution in [2.75, 3.05) is 17.2 Å². The number of hydrogen-bond acceptors (Lipinski definition) is 4. The number of pyridine rings is 1. The van der Waals surface area contributed by atoms with Crippen molar-refractivity contribution in [3.63, 3.8) is 0 Å². The Morgan fingerprint density at radius 2 is 1.85 bits per heavy atom. The molecular weight excluding hydrogens is 352 g/mol. The molecule has 7 heteroatoms. The van der Waals surface area contributed by atoms with E-state index in [1.54, 1.807) is 30.3 Å². The Morgan fingerprint density at radius 3 is 2.48 bits per heavy atom. The summed E-state index contributed by atoms with van der Waals surface area (Å²) in [6, 6.07) is 13.3. The molecule has 1 amide bonds. The molecule has 0 saturated carbocycles. The van der Waals surface area contributed by atoms with Crippen LogP contribution in [-0.2, 0) is 0 Å². The molecule has 2 N–H and O–H groups in total. The van der Waals surface area contributed by atoms with E-state index in [-0.39, 0.29) is 11.6 Å².